The van der Waals surface area contributed by atoms with Crippen LogP contribution in [-0.4, -0.2) is 67.4 Å². The van der Waals surface area contributed by atoms with E-state index in [1.807, 2.05) is 30.3 Å². The Labute approximate surface area is 220 Å². The number of carbonyl (C=O) groups excluding carboxylic acids is 3. The lowest BCUT2D eigenvalue weighted by molar-refractivity contribution is -0.126. The highest BCUT2D eigenvalue weighted by Gasteiger charge is 2.38. The van der Waals surface area contributed by atoms with Crippen molar-refractivity contribution in [2.75, 3.05) is 44.7 Å². The predicted molar refractivity (Wildman–Crippen MR) is 143 cm³/mol. The van der Waals surface area contributed by atoms with Gasteiger partial charge in [0.15, 0.2) is 0 Å². The number of methoxy groups -OCH3 is 1. The summed E-state index contributed by atoms with van der Waals surface area (Å²) in [5.41, 5.74) is 3.15. The third kappa shape index (κ3) is 5.16. The lowest BCUT2D eigenvalue weighted by Crippen LogP contribution is -2.48. The van der Waals surface area contributed by atoms with Crippen LogP contribution in [0.3, 0.4) is 0 Å². The first-order valence-corrected chi connectivity index (χ1v) is 12.5. The summed E-state index contributed by atoms with van der Waals surface area (Å²) in [7, 11) is 1.60. The van der Waals surface area contributed by atoms with Gasteiger partial charge >= 0.3 is 0 Å². The molecule has 1 fully saturated rings. The van der Waals surface area contributed by atoms with Crippen molar-refractivity contribution in [1.29, 1.82) is 0 Å². The van der Waals surface area contributed by atoms with Crippen molar-refractivity contribution in [3.05, 3.63) is 101 Å². The molecular formula is C30H28FN3O4. The first-order chi connectivity index (χ1) is 18.4. The SMILES string of the molecule is COc1cccc(CCN2C(=O)c3cccc(N4CCN(C(=O)/C=C/c5cccc(F)c5)CC4)c3C2=O)c1. The van der Waals surface area contributed by atoms with Crippen LogP contribution in [0.2, 0.25) is 0 Å². The van der Waals surface area contributed by atoms with E-state index >= 15 is 0 Å². The zero-order chi connectivity index (χ0) is 26.6. The van der Waals surface area contributed by atoms with E-state index in [9.17, 15) is 18.8 Å². The van der Waals surface area contributed by atoms with Crippen molar-refractivity contribution in [2.24, 2.45) is 0 Å². The summed E-state index contributed by atoms with van der Waals surface area (Å²) >= 11 is 0. The largest absolute Gasteiger partial charge is 0.497 e. The van der Waals surface area contributed by atoms with Crippen LogP contribution in [-0.2, 0) is 11.2 Å². The highest BCUT2D eigenvalue weighted by atomic mass is 19.1. The number of rotatable bonds is 7. The average Bonchev–Trinajstić information content (AvgIpc) is 3.19. The zero-order valence-electron chi connectivity index (χ0n) is 21.1. The lowest BCUT2D eigenvalue weighted by atomic mass is 10.1. The molecule has 3 amide bonds. The molecule has 0 unspecified atom stereocenters. The molecule has 0 bridgehead atoms. The van der Waals surface area contributed by atoms with Crippen molar-refractivity contribution in [2.45, 2.75) is 6.42 Å². The maximum absolute atomic E-state index is 13.4. The first-order valence-electron chi connectivity index (χ1n) is 12.5. The van der Waals surface area contributed by atoms with Gasteiger partial charge in [0, 0.05) is 38.8 Å². The Morgan fingerprint density at radius 2 is 1.71 bits per heavy atom. The second-order valence-corrected chi connectivity index (χ2v) is 9.26. The van der Waals surface area contributed by atoms with Crippen molar-refractivity contribution in [3.8, 4) is 5.75 Å². The molecule has 1 saturated heterocycles. The second kappa shape index (κ2) is 10.9. The van der Waals surface area contributed by atoms with Gasteiger partial charge in [-0.05, 0) is 60.0 Å². The molecule has 0 spiro atoms. The van der Waals surface area contributed by atoms with Gasteiger partial charge in [-0.15, -0.1) is 0 Å². The summed E-state index contributed by atoms with van der Waals surface area (Å²) in [6, 6.07) is 19.0. The normalized spacial score (nSPS) is 15.4. The summed E-state index contributed by atoms with van der Waals surface area (Å²) in [5, 5.41) is 0. The topological polar surface area (TPSA) is 70.2 Å². The number of nitrogens with zero attached hydrogens (tertiary/aromatic N) is 3. The highest BCUT2D eigenvalue weighted by Crippen LogP contribution is 2.32. The van der Waals surface area contributed by atoms with Crippen LogP contribution >= 0.6 is 0 Å². The van der Waals surface area contributed by atoms with Crippen LogP contribution in [0, 0.1) is 5.82 Å². The monoisotopic (exact) mass is 513 g/mol. The molecule has 0 aliphatic carbocycles. The van der Waals surface area contributed by atoms with E-state index in [0.29, 0.717) is 55.0 Å². The maximum Gasteiger partial charge on any atom is 0.263 e. The van der Waals surface area contributed by atoms with Crippen molar-refractivity contribution in [1.82, 2.24) is 9.80 Å². The van der Waals surface area contributed by atoms with Crippen molar-refractivity contribution >= 4 is 29.5 Å². The van der Waals surface area contributed by atoms with Gasteiger partial charge in [0.25, 0.3) is 11.8 Å². The molecule has 2 aliphatic rings. The molecule has 2 heterocycles. The Bertz CT molecular complexity index is 1410. The average molecular weight is 514 g/mol. The zero-order valence-corrected chi connectivity index (χ0v) is 21.1. The minimum Gasteiger partial charge on any atom is -0.497 e. The Kier molecular flexibility index (Phi) is 7.22. The molecule has 8 heteroatoms. The summed E-state index contributed by atoms with van der Waals surface area (Å²) in [6.45, 7) is 2.27. The van der Waals surface area contributed by atoms with Gasteiger partial charge in [0.05, 0.1) is 23.9 Å². The molecular weight excluding hydrogens is 485 g/mol. The third-order valence-corrected chi connectivity index (χ3v) is 6.93. The summed E-state index contributed by atoms with van der Waals surface area (Å²) < 4.78 is 18.7. The Morgan fingerprint density at radius 1 is 0.947 bits per heavy atom. The first kappa shape index (κ1) is 25.2. The summed E-state index contributed by atoms with van der Waals surface area (Å²) in [4.78, 5) is 44.3. The maximum atomic E-state index is 13.4. The van der Waals surface area contributed by atoms with Gasteiger partial charge < -0.3 is 14.5 Å². The summed E-state index contributed by atoms with van der Waals surface area (Å²) in [6.07, 6.45) is 3.58. The minimum atomic E-state index is -0.351. The van der Waals surface area contributed by atoms with E-state index in [2.05, 4.69) is 4.90 Å². The van der Waals surface area contributed by atoms with Gasteiger partial charge in [-0.3, -0.25) is 19.3 Å². The molecule has 0 saturated carbocycles. The van der Waals surface area contributed by atoms with E-state index in [1.54, 1.807) is 42.4 Å². The number of fused-ring (bicyclic) bond motifs is 1. The van der Waals surface area contributed by atoms with Crippen LogP contribution in [0.25, 0.3) is 6.08 Å². The molecule has 194 valence electrons. The van der Waals surface area contributed by atoms with Crippen LogP contribution in [0.1, 0.15) is 31.8 Å². The highest BCUT2D eigenvalue weighted by molar-refractivity contribution is 6.23. The van der Waals surface area contributed by atoms with Gasteiger partial charge in [0.2, 0.25) is 5.91 Å². The Hall–Kier alpha value is -4.46. The molecule has 0 N–H and O–H groups in total. The van der Waals surface area contributed by atoms with Crippen LogP contribution in [0.5, 0.6) is 5.75 Å². The molecule has 2 aliphatic heterocycles. The summed E-state index contributed by atoms with van der Waals surface area (Å²) in [5.74, 6) is -0.349. The Balaban J connectivity index is 1.24. The standard InChI is InChI=1S/C30H28FN3O4/c1-38-24-8-3-6-22(20-24)13-14-34-29(36)25-9-4-10-26(28(25)30(34)37)32-15-17-33(18-16-32)27(35)12-11-21-5-2-7-23(31)19-21/h2-12,19-20H,13-18H2,1H3/b12-11+. The van der Waals surface area contributed by atoms with E-state index in [1.165, 1.54) is 23.1 Å². The van der Waals surface area contributed by atoms with E-state index in [-0.39, 0.29) is 30.1 Å². The fourth-order valence-corrected chi connectivity index (χ4v) is 4.90. The van der Waals surface area contributed by atoms with Gasteiger partial charge in [-0.2, -0.15) is 0 Å². The molecule has 0 aromatic heterocycles. The number of piperazine rings is 1. The smallest absolute Gasteiger partial charge is 0.263 e. The van der Waals surface area contributed by atoms with Crippen LogP contribution < -0.4 is 9.64 Å². The fourth-order valence-electron chi connectivity index (χ4n) is 4.90. The van der Waals surface area contributed by atoms with E-state index < -0.39 is 0 Å². The van der Waals surface area contributed by atoms with Crippen molar-refractivity contribution < 1.29 is 23.5 Å². The lowest BCUT2D eigenvalue weighted by Gasteiger charge is -2.36. The van der Waals surface area contributed by atoms with Gasteiger partial charge in [-0.25, -0.2) is 4.39 Å². The van der Waals surface area contributed by atoms with Gasteiger partial charge in [-0.1, -0.05) is 30.3 Å². The van der Waals surface area contributed by atoms with Crippen molar-refractivity contribution in [3.63, 3.8) is 0 Å². The molecule has 3 aromatic carbocycles. The number of anilines is 1. The molecule has 0 atom stereocenters. The number of amides is 3. The van der Waals surface area contributed by atoms with Crippen LogP contribution in [0.4, 0.5) is 10.1 Å². The molecule has 3 aromatic rings. The molecule has 38 heavy (non-hydrogen) atoms. The Morgan fingerprint density at radius 3 is 2.47 bits per heavy atom. The predicted octanol–water partition coefficient (Wildman–Crippen LogP) is 4.04. The minimum absolute atomic E-state index is 0.151. The second-order valence-electron chi connectivity index (χ2n) is 9.26. The quantitative estimate of drug-likeness (QED) is 0.352. The number of carbonyl (C=O) groups is 3. The van der Waals surface area contributed by atoms with Crippen LogP contribution in [0.15, 0.2) is 72.8 Å². The van der Waals surface area contributed by atoms with Gasteiger partial charge in [0.1, 0.15) is 11.6 Å². The number of halogens is 1. The number of hydrogen-bond donors (Lipinski definition) is 0. The number of hydrogen-bond acceptors (Lipinski definition) is 5. The van der Waals surface area contributed by atoms with E-state index in [0.717, 1.165) is 11.3 Å². The van der Waals surface area contributed by atoms with E-state index in [4.69, 9.17) is 4.74 Å². The molecule has 7 nitrogen and oxygen atoms in total. The number of ether oxygens (including phenoxy) is 1. The third-order valence-electron chi connectivity index (χ3n) is 6.93. The number of imide groups is 1. The molecule has 5 rings (SSSR count). The fraction of sp³-hybridized carbons (Fsp3) is 0.233. The number of benzene rings is 3. The molecule has 0 radical (unpaired) electrons.